The first-order valence-corrected chi connectivity index (χ1v) is 4.10. The molecule has 14 heavy (non-hydrogen) atoms. The summed E-state index contributed by atoms with van der Waals surface area (Å²) in [5.41, 5.74) is 0.215. The second kappa shape index (κ2) is 3.44. The van der Waals surface area contributed by atoms with E-state index >= 15 is 0 Å². The molecule has 2 aromatic rings. The van der Waals surface area contributed by atoms with Gasteiger partial charge in [-0.3, -0.25) is 0 Å². The monoisotopic (exact) mass is 205 g/mol. The highest BCUT2D eigenvalue weighted by Crippen LogP contribution is 2.11. The van der Waals surface area contributed by atoms with Crippen molar-refractivity contribution < 1.29 is 0 Å². The lowest BCUT2D eigenvalue weighted by Crippen LogP contribution is -2.02. The van der Waals surface area contributed by atoms with Gasteiger partial charge in [-0.15, -0.1) is 0 Å². The maximum atomic E-state index is 8.76. The van der Waals surface area contributed by atoms with Gasteiger partial charge in [0.15, 0.2) is 11.5 Å². The Morgan fingerprint density at radius 3 is 2.79 bits per heavy atom. The predicted octanol–water partition coefficient (Wildman–Crippen LogP) is 1.19. The molecule has 0 amide bonds. The van der Waals surface area contributed by atoms with Gasteiger partial charge in [-0.2, -0.15) is 10.4 Å². The third-order valence-electron chi connectivity index (χ3n) is 1.55. The second-order valence-corrected chi connectivity index (χ2v) is 2.88. The molecule has 0 atom stereocenters. The summed E-state index contributed by atoms with van der Waals surface area (Å²) in [6.07, 6.45) is 5.97. The van der Waals surface area contributed by atoms with Gasteiger partial charge in [-0.05, 0) is 0 Å². The van der Waals surface area contributed by atoms with Gasteiger partial charge >= 0.3 is 0 Å². The highest BCUT2D eigenvalue weighted by atomic mass is 35.5. The largest absolute Gasteiger partial charge is 0.240 e. The smallest absolute Gasteiger partial charge is 0.190 e. The number of nitrogens with zero attached hydrogens (tertiary/aromatic N) is 5. The van der Waals surface area contributed by atoms with E-state index in [1.165, 1.54) is 23.3 Å². The van der Waals surface area contributed by atoms with Crippen molar-refractivity contribution in [3.05, 3.63) is 35.5 Å². The van der Waals surface area contributed by atoms with Gasteiger partial charge < -0.3 is 0 Å². The van der Waals surface area contributed by atoms with E-state index < -0.39 is 0 Å². The average Bonchev–Trinajstić information content (AvgIpc) is 2.65. The van der Waals surface area contributed by atoms with Crippen molar-refractivity contribution in [3.8, 4) is 11.9 Å². The number of rotatable bonds is 1. The number of hydrogen-bond donors (Lipinski definition) is 0. The fraction of sp³-hybridized carbons (Fsp3) is 0. The molecule has 2 aromatic heterocycles. The Bertz CT molecular complexity index is 498. The van der Waals surface area contributed by atoms with Gasteiger partial charge in [0, 0.05) is 12.4 Å². The minimum Gasteiger partial charge on any atom is -0.240 e. The lowest BCUT2D eigenvalue weighted by molar-refractivity contribution is 0.832. The fourth-order valence-corrected chi connectivity index (χ4v) is 1.13. The van der Waals surface area contributed by atoms with Crippen LogP contribution in [0.3, 0.4) is 0 Å². The molecule has 0 radical (unpaired) electrons. The molecular formula is C8H4ClN5. The van der Waals surface area contributed by atoms with E-state index in [1.54, 1.807) is 6.20 Å². The molecule has 6 heteroatoms. The van der Waals surface area contributed by atoms with Crippen LogP contribution in [-0.4, -0.2) is 19.7 Å². The number of nitriles is 1. The molecule has 0 aliphatic rings. The van der Waals surface area contributed by atoms with Crippen molar-refractivity contribution in [3.63, 3.8) is 0 Å². The Balaban J connectivity index is 2.57. The van der Waals surface area contributed by atoms with E-state index in [0.717, 1.165) is 0 Å². The number of aromatic nitrogens is 4. The van der Waals surface area contributed by atoms with Crippen LogP contribution < -0.4 is 0 Å². The predicted molar refractivity (Wildman–Crippen MR) is 48.9 cm³/mol. The third-order valence-corrected chi connectivity index (χ3v) is 1.75. The molecule has 0 aliphatic carbocycles. The van der Waals surface area contributed by atoms with E-state index in [0.29, 0.717) is 10.8 Å². The first-order valence-electron chi connectivity index (χ1n) is 3.73. The van der Waals surface area contributed by atoms with Crippen LogP contribution in [0.1, 0.15) is 5.69 Å². The molecule has 0 saturated carbocycles. The Hall–Kier alpha value is -1.93. The fourth-order valence-electron chi connectivity index (χ4n) is 0.994. The summed E-state index contributed by atoms with van der Waals surface area (Å²) >= 11 is 5.69. The molecule has 0 bridgehead atoms. The summed E-state index contributed by atoms with van der Waals surface area (Å²) in [4.78, 5) is 7.85. The van der Waals surface area contributed by atoms with Gasteiger partial charge in [0.05, 0.1) is 17.4 Å². The van der Waals surface area contributed by atoms with E-state index in [-0.39, 0.29) is 5.69 Å². The van der Waals surface area contributed by atoms with Gasteiger partial charge in [-0.1, -0.05) is 11.6 Å². The van der Waals surface area contributed by atoms with Crippen LogP contribution in [0.2, 0.25) is 5.02 Å². The lowest BCUT2D eigenvalue weighted by atomic mass is 10.4. The van der Waals surface area contributed by atoms with Crippen LogP contribution in [0.5, 0.6) is 0 Å². The standard InChI is InChI=1S/C8H4ClN5/c9-6-4-13-14(5-6)8-7(3-10)11-1-2-12-8/h1-2,4-5H. The minimum atomic E-state index is 0.215. The van der Waals surface area contributed by atoms with Crippen molar-refractivity contribution in [2.45, 2.75) is 0 Å². The van der Waals surface area contributed by atoms with Gasteiger partial charge in [0.1, 0.15) is 6.07 Å². The molecular weight excluding hydrogens is 202 g/mol. The van der Waals surface area contributed by atoms with Crippen LogP contribution in [0, 0.1) is 11.3 Å². The zero-order chi connectivity index (χ0) is 9.97. The zero-order valence-corrected chi connectivity index (χ0v) is 7.68. The molecule has 0 spiro atoms. The van der Waals surface area contributed by atoms with E-state index in [4.69, 9.17) is 16.9 Å². The van der Waals surface area contributed by atoms with Crippen molar-refractivity contribution in [2.24, 2.45) is 0 Å². The normalized spacial score (nSPS) is 9.71. The van der Waals surface area contributed by atoms with Crippen LogP contribution in [0.15, 0.2) is 24.8 Å². The van der Waals surface area contributed by atoms with Crippen molar-refractivity contribution in [1.29, 1.82) is 5.26 Å². The maximum absolute atomic E-state index is 8.76. The molecule has 5 nitrogen and oxygen atoms in total. The summed E-state index contributed by atoms with van der Waals surface area (Å²) < 4.78 is 1.41. The number of halogens is 1. The summed E-state index contributed by atoms with van der Waals surface area (Å²) in [6.45, 7) is 0. The Morgan fingerprint density at radius 2 is 2.14 bits per heavy atom. The van der Waals surface area contributed by atoms with Gasteiger partial charge in [0.25, 0.3) is 0 Å². The van der Waals surface area contributed by atoms with Crippen molar-refractivity contribution in [1.82, 2.24) is 19.7 Å². The highest BCUT2D eigenvalue weighted by Gasteiger charge is 2.07. The lowest BCUT2D eigenvalue weighted by Gasteiger charge is -1.99. The summed E-state index contributed by atoms with van der Waals surface area (Å²) in [6, 6.07) is 1.93. The zero-order valence-electron chi connectivity index (χ0n) is 6.92. The molecule has 0 N–H and O–H groups in total. The van der Waals surface area contributed by atoms with E-state index in [1.807, 2.05) is 6.07 Å². The van der Waals surface area contributed by atoms with E-state index in [9.17, 15) is 0 Å². The third kappa shape index (κ3) is 1.43. The van der Waals surface area contributed by atoms with Crippen LogP contribution in [0.25, 0.3) is 5.82 Å². The van der Waals surface area contributed by atoms with Crippen LogP contribution >= 0.6 is 11.6 Å². The molecule has 0 aliphatic heterocycles. The number of hydrogen-bond acceptors (Lipinski definition) is 4. The molecule has 0 saturated heterocycles. The average molecular weight is 206 g/mol. The van der Waals surface area contributed by atoms with Crippen molar-refractivity contribution in [2.75, 3.05) is 0 Å². The second-order valence-electron chi connectivity index (χ2n) is 2.44. The topological polar surface area (TPSA) is 67.4 Å². The van der Waals surface area contributed by atoms with Crippen LogP contribution in [-0.2, 0) is 0 Å². The van der Waals surface area contributed by atoms with Gasteiger partial charge in [-0.25, -0.2) is 14.6 Å². The SMILES string of the molecule is N#Cc1nccnc1-n1cc(Cl)cn1. The van der Waals surface area contributed by atoms with Crippen LogP contribution in [0.4, 0.5) is 0 Å². The minimum absolute atomic E-state index is 0.215. The van der Waals surface area contributed by atoms with Gasteiger partial charge in [0.2, 0.25) is 0 Å². The van der Waals surface area contributed by atoms with Crippen molar-refractivity contribution >= 4 is 11.6 Å². The Labute approximate surface area is 84.6 Å². The molecule has 0 aromatic carbocycles. The molecule has 68 valence electrons. The summed E-state index contributed by atoms with van der Waals surface area (Å²) in [5.74, 6) is 0.377. The maximum Gasteiger partial charge on any atom is 0.190 e. The first-order chi connectivity index (χ1) is 6.81. The Kier molecular flexibility index (Phi) is 2.13. The molecule has 0 fully saturated rings. The quantitative estimate of drug-likeness (QED) is 0.701. The summed E-state index contributed by atoms with van der Waals surface area (Å²) in [7, 11) is 0. The molecule has 2 heterocycles. The molecule has 2 rings (SSSR count). The summed E-state index contributed by atoms with van der Waals surface area (Å²) in [5, 5.41) is 13.2. The van der Waals surface area contributed by atoms with E-state index in [2.05, 4.69) is 15.1 Å². The molecule has 0 unspecified atom stereocenters. The first kappa shape index (κ1) is 8.66. The Morgan fingerprint density at radius 1 is 1.36 bits per heavy atom. The highest BCUT2D eigenvalue weighted by molar-refractivity contribution is 6.30.